The molecule has 138 valence electrons. The Kier molecular flexibility index (Phi) is 5.12. The molecule has 0 aliphatic rings. The third kappa shape index (κ3) is 4.44. The third-order valence-corrected chi connectivity index (χ3v) is 3.83. The van der Waals surface area contributed by atoms with Crippen molar-refractivity contribution in [2.24, 2.45) is 0 Å². The summed E-state index contributed by atoms with van der Waals surface area (Å²) >= 11 is 0. The number of benzene rings is 2. The van der Waals surface area contributed by atoms with E-state index in [2.05, 4.69) is 4.98 Å². The Balaban J connectivity index is 1.86. The Morgan fingerprint density at radius 3 is 2.30 bits per heavy atom. The quantitative estimate of drug-likeness (QED) is 0.680. The highest BCUT2D eigenvalue weighted by Crippen LogP contribution is 2.31. The van der Waals surface area contributed by atoms with Crippen molar-refractivity contribution < 1.29 is 27.8 Å². The number of pyridine rings is 1. The number of ether oxygens (including phenoxy) is 1. The summed E-state index contributed by atoms with van der Waals surface area (Å²) in [4.78, 5) is 15.0. The number of aromatic carboxylic acids is 1. The molecule has 0 bridgehead atoms. The second-order valence-corrected chi connectivity index (χ2v) is 5.72. The van der Waals surface area contributed by atoms with Gasteiger partial charge in [-0.1, -0.05) is 42.5 Å². The molecule has 0 aliphatic heterocycles. The first-order valence-electron chi connectivity index (χ1n) is 7.92. The van der Waals surface area contributed by atoms with E-state index in [0.29, 0.717) is 11.1 Å². The van der Waals surface area contributed by atoms with Crippen molar-refractivity contribution >= 4 is 5.97 Å². The van der Waals surface area contributed by atoms with Crippen LogP contribution in [0.5, 0.6) is 5.75 Å². The fourth-order valence-corrected chi connectivity index (χ4v) is 2.47. The minimum Gasteiger partial charge on any atom is -0.488 e. The molecule has 0 aliphatic carbocycles. The van der Waals surface area contributed by atoms with Crippen LogP contribution in [0, 0.1) is 0 Å². The summed E-state index contributed by atoms with van der Waals surface area (Å²) in [5.74, 6) is -1.02. The van der Waals surface area contributed by atoms with Crippen molar-refractivity contribution in [2.75, 3.05) is 0 Å². The maximum atomic E-state index is 12.6. The minimum absolute atomic E-state index is 0.0803. The Hall–Kier alpha value is -3.35. The topological polar surface area (TPSA) is 59.4 Å². The summed E-state index contributed by atoms with van der Waals surface area (Å²) in [6.45, 7) is 0.197. The molecule has 0 radical (unpaired) electrons. The van der Waals surface area contributed by atoms with Crippen molar-refractivity contribution in [3.63, 3.8) is 0 Å². The van der Waals surface area contributed by atoms with E-state index in [1.54, 1.807) is 6.07 Å². The molecule has 7 heteroatoms. The average Bonchev–Trinajstić information content (AvgIpc) is 2.66. The second-order valence-electron chi connectivity index (χ2n) is 5.72. The van der Waals surface area contributed by atoms with Crippen LogP contribution in [0.4, 0.5) is 13.2 Å². The van der Waals surface area contributed by atoms with Crippen molar-refractivity contribution in [3.8, 4) is 16.9 Å². The molecule has 0 amide bonds. The molecule has 4 nitrogen and oxygen atoms in total. The van der Waals surface area contributed by atoms with Gasteiger partial charge in [0.2, 0.25) is 0 Å². The molecule has 3 rings (SSSR count). The zero-order valence-electron chi connectivity index (χ0n) is 13.9. The van der Waals surface area contributed by atoms with Crippen molar-refractivity contribution in [2.45, 2.75) is 12.8 Å². The Morgan fingerprint density at radius 2 is 1.70 bits per heavy atom. The van der Waals surface area contributed by atoms with Gasteiger partial charge in [-0.3, -0.25) is 4.98 Å². The Labute approximate surface area is 152 Å². The van der Waals surface area contributed by atoms with Crippen LogP contribution in [-0.2, 0) is 12.8 Å². The number of nitrogens with zero attached hydrogens (tertiary/aromatic N) is 1. The zero-order valence-corrected chi connectivity index (χ0v) is 13.9. The number of hydrogen-bond donors (Lipinski definition) is 1. The summed E-state index contributed by atoms with van der Waals surface area (Å²) < 4.78 is 43.4. The number of hydrogen-bond acceptors (Lipinski definition) is 3. The lowest BCUT2D eigenvalue weighted by Gasteiger charge is -2.12. The van der Waals surface area contributed by atoms with E-state index < -0.39 is 17.8 Å². The van der Waals surface area contributed by atoms with Gasteiger partial charge in [-0.15, -0.1) is 0 Å². The van der Waals surface area contributed by atoms with Gasteiger partial charge in [0.25, 0.3) is 0 Å². The van der Waals surface area contributed by atoms with Crippen molar-refractivity contribution in [1.82, 2.24) is 4.98 Å². The van der Waals surface area contributed by atoms with Gasteiger partial charge in [0, 0.05) is 11.8 Å². The minimum atomic E-state index is -4.53. The zero-order chi connectivity index (χ0) is 19.4. The first-order valence-corrected chi connectivity index (χ1v) is 7.92. The molecule has 2 aromatic carbocycles. The third-order valence-electron chi connectivity index (χ3n) is 3.83. The molecular weight excluding hydrogens is 359 g/mol. The summed E-state index contributed by atoms with van der Waals surface area (Å²) in [5.41, 5.74) is 0.599. The van der Waals surface area contributed by atoms with E-state index in [1.807, 2.05) is 30.3 Å². The van der Waals surface area contributed by atoms with Crippen LogP contribution in [0.15, 0.2) is 66.9 Å². The molecule has 1 aromatic heterocycles. The molecule has 1 heterocycles. The largest absolute Gasteiger partial charge is 0.488 e. The van der Waals surface area contributed by atoms with Crippen LogP contribution in [0.1, 0.15) is 21.6 Å². The lowest BCUT2D eigenvalue weighted by atomic mass is 10.0. The van der Waals surface area contributed by atoms with Gasteiger partial charge in [-0.25, -0.2) is 4.79 Å². The number of aromatic nitrogens is 1. The van der Waals surface area contributed by atoms with Crippen LogP contribution in [0.25, 0.3) is 11.1 Å². The summed E-state index contributed by atoms with van der Waals surface area (Å²) in [6.07, 6.45) is -3.46. The van der Waals surface area contributed by atoms with Crippen molar-refractivity contribution in [1.29, 1.82) is 0 Å². The highest BCUT2D eigenvalue weighted by molar-refractivity contribution is 5.92. The highest BCUT2D eigenvalue weighted by Gasteiger charge is 2.32. The monoisotopic (exact) mass is 373 g/mol. The van der Waals surface area contributed by atoms with Gasteiger partial charge in [0.15, 0.2) is 0 Å². The lowest BCUT2D eigenvalue weighted by Crippen LogP contribution is -2.07. The number of alkyl halides is 3. The van der Waals surface area contributed by atoms with Gasteiger partial charge < -0.3 is 9.84 Å². The van der Waals surface area contributed by atoms with Gasteiger partial charge in [-0.2, -0.15) is 13.2 Å². The number of carboxylic acid groups (broad SMARTS) is 1. The van der Waals surface area contributed by atoms with E-state index in [0.717, 1.165) is 17.8 Å². The number of carboxylic acids is 1. The molecule has 0 spiro atoms. The van der Waals surface area contributed by atoms with Gasteiger partial charge in [0.05, 0.1) is 0 Å². The lowest BCUT2D eigenvalue weighted by molar-refractivity contribution is -0.141. The number of halogens is 3. The maximum absolute atomic E-state index is 12.6. The van der Waals surface area contributed by atoms with Gasteiger partial charge in [0.1, 0.15) is 23.6 Å². The van der Waals surface area contributed by atoms with Gasteiger partial charge in [-0.05, 0) is 29.3 Å². The fraction of sp³-hybridized carbons (Fsp3) is 0.100. The normalized spacial score (nSPS) is 11.2. The fourth-order valence-electron chi connectivity index (χ4n) is 2.47. The second kappa shape index (κ2) is 7.49. The van der Waals surface area contributed by atoms with Crippen LogP contribution in [0.3, 0.4) is 0 Å². The molecule has 3 aromatic rings. The van der Waals surface area contributed by atoms with Crippen LogP contribution in [0.2, 0.25) is 0 Å². The van der Waals surface area contributed by atoms with Crippen LogP contribution in [-0.4, -0.2) is 16.1 Å². The average molecular weight is 373 g/mol. The highest BCUT2D eigenvalue weighted by atomic mass is 19.4. The Bertz CT molecular complexity index is 939. The van der Waals surface area contributed by atoms with Crippen molar-refractivity contribution in [3.05, 3.63) is 83.7 Å². The molecule has 0 saturated carbocycles. The van der Waals surface area contributed by atoms with Crippen LogP contribution >= 0.6 is 0 Å². The predicted octanol–water partition coefficient (Wildman–Crippen LogP) is 5.04. The van der Waals surface area contributed by atoms with E-state index in [9.17, 15) is 23.1 Å². The van der Waals surface area contributed by atoms with E-state index in [4.69, 9.17) is 4.74 Å². The Morgan fingerprint density at radius 1 is 1.00 bits per heavy atom. The van der Waals surface area contributed by atoms with Crippen LogP contribution < -0.4 is 4.74 Å². The summed E-state index contributed by atoms with van der Waals surface area (Å²) in [7, 11) is 0. The smallest absolute Gasteiger partial charge is 0.433 e. The standard InChI is InChI=1S/C20H14F3NO3/c21-20(22,23)18-9-7-15(11-24-18)14-6-8-17(16(10-14)19(25)26)27-12-13-4-2-1-3-5-13/h1-11H,12H2,(H,25,26). The predicted molar refractivity (Wildman–Crippen MR) is 92.4 cm³/mol. The molecule has 1 N–H and O–H groups in total. The molecule has 0 atom stereocenters. The molecule has 0 fully saturated rings. The van der Waals surface area contributed by atoms with E-state index in [-0.39, 0.29) is 17.9 Å². The van der Waals surface area contributed by atoms with Gasteiger partial charge >= 0.3 is 12.1 Å². The molecule has 0 saturated heterocycles. The van der Waals surface area contributed by atoms with E-state index >= 15 is 0 Å². The first-order chi connectivity index (χ1) is 12.8. The maximum Gasteiger partial charge on any atom is 0.433 e. The number of carbonyl (C=O) groups is 1. The molecular formula is C20H14F3NO3. The first kappa shape index (κ1) is 18.4. The number of rotatable bonds is 5. The van der Waals surface area contributed by atoms with E-state index in [1.165, 1.54) is 18.2 Å². The SMILES string of the molecule is O=C(O)c1cc(-c2ccc(C(F)(F)F)nc2)ccc1OCc1ccccc1. The molecule has 0 unspecified atom stereocenters. The summed E-state index contributed by atoms with van der Waals surface area (Å²) in [6, 6.07) is 15.8. The molecule has 27 heavy (non-hydrogen) atoms. The summed E-state index contributed by atoms with van der Waals surface area (Å²) in [5, 5.41) is 9.44.